The average molecular weight is 247 g/mol. The predicted octanol–water partition coefficient (Wildman–Crippen LogP) is 1.42. The van der Waals surface area contributed by atoms with E-state index >= 15 is 0 Å². The molecule has 0 fully saturated rings. The van der Waals surface area contributed by atoms with Gasteiger partial charge in [-0.25, -0.2) is 0 Å². The Labute approximate surface area is 106 Å². The molecule has 18 heavy (non-hydrogen) atoms. The monoisotopic (exact) mass is 247 g/mol. The van der Waals surface area contributed by atoms with Crippen molar-refractivity contribution in [1.29, 1.82) is 0 Å². The number of hydrogen-bond acceptors (Lipinski definition) is 4. The van der Waals surface area contributed by atoms with Gasteiger partial charge in [-0.2, -0.15) is 5.10 Å². The van der Waals surface area contributed by atoms with Gasteiger partial charge in [0, 0.05) is 31.9 Å². The van der Waals surface area contributed by atoms with E-state index in [0.717, 1.165) is 37.4 Å². The third-order valence-electron chi connectivity index (χ3n) is 3.17. The number of ether oxygens (including phenoxy) is 1. The molecule has 0 aromatic carbocycles. The van der Waals surface area contributed by atoms with Gasteiger partial charge in [-0.3, -0.25) is 4.68 Å². The van der Waals surface area contributed by atoms with E-state index in [1.807, 2.05) is 17.8 Å². The first-order valence-corrected chi connectivity index (χ1v) is 6.19. The standard InChI is InChI=1S/C13H17N3O2/c1-16-8-11-3-5-18-12(13(11)15-16)7-14-6-10-2-4-17-9-10/h2,4,8-9,12,14H,3,5-7H2,1H3/t12-/m1/s1. The second-order valence-electron chi connectivity index (χ2n) is 4.59. The number of fused-ring (bicyclic) bond motifs is 1. The zero-order chi connectivity index (χ0) is 12.4. The number of rotatable bonds is 4. The van der Waals surface area contributed by atoms with Gasteiger partial charge in [0.1, 0.15) is 6.10 Å². The minimum Gasteiger partial charge on any atom is -0.472 e. The van der Waals surface area contributed by atoms with Gasteiger partial charge in [-0.15, -0.1) is 0 Å². The summed E-state index contributed by atoms with van der Waals surface area (Å²) in [5.41, 5.74) is 3.52. The maximum absolute atomic E-state index is 5.78. The van der Waals surface area contributed by atoms with Crippen molar-refractivity contribution >= 4 is 0 Å². The van der Waals surface area contributed by atoms with Gasteiger partial charge in [0.2, 0.25) is 0 Å². The van der Waals surface area contributed by atoms with Gasteiger partial charge in [0.05, 0.1) is 24.8 Å². The van der Waals surface area contributed by atoms with Crippen LogP contribution in [0.5, 0.6) is 0 Å². The molecule has 3 rings (SSSR count). The van der Waals surface area contributed by atoms with E-state index in [1.54, 1.807) is 12.5 Å². The van der Waals surface area contributed by atoms with Crippen LogP contribution in [0.2, 0.25) is 0 Å². The fraction of sp³-hybridized carbons (Fsp3) is 0.462. The van der Waals surface area contributed by atoms with E-state index in [2.05, 4.69) is 16.6 Å². The lowest BCUT2D eigenvalue weighted by atomic mass is 10.1. The molecule has 0 unspecified atom stereocenters. The van der Waals surface area contributed by atoms with Crippen molar-refractivity contribution in [3.63, 3.8) is 0 Å². The molecule has 0 saturated carbocycles. The second kappa shape index (κ2) is 4.96. The Bertz CT molecular complexity index is 504. The normalized spacial score (nSPS) is 18.8. The highest BCUT2D eigenvalue weighted by Crippen LogP contribution is 2.24. The number of furan rings is 1. The molecule has 1 atom stereocenters. The Morgan fingerprint density at radius 3 is 3.33 bits per heavy atom. The summed E-state index contributed by atoms with van der Waals surface area (Å²) in [4.78, 5) is 0. The summed E-state index contributed by atoms with van der Waals surface area (Å²) >= 11 is 0. The summed E-state index contributed by atoms with van der Waals surface area (Å²) in [7, 11) is 1.95. The number of aromatic nitrogens is 2. The SMILES string of the molecule is Cn1cc2c(n1)[C@@H](CNCc1ccoc1)OCC2. The molecule has 2 aromatic rings. The first-order chi connectivity index (χ1) is 8.83. The Balaban J connectivity index is 1.60. The lowest BCUT2D eigenvalue weighted by Gasteiger charge is -2.22. The predicted molar refractivity (Wildman–Crippen MR) is 66.0 cm³/mol. The van der Waals surface area contributed by atoms with Crippen molar-refractivity contribution in [2.24, 2.45) is 7.05 Å². The fourth-order valence-corrected chi connectivity index (χ4v) is 2.30. The lowest BCUT2D eigenvalue weighted by Crippen LogP contribution is -2.27. The summed E-state index contributed by atoms with van der Waals surface area (Å²) in [6.07, 6.45) is 6.54. The Morgan fingerprint density at radius 1 is 1.56 bits per heavy atom. The number of aryl methyl sites for hydroxylation is 1. The number of nitrogens with zero attached hydrogens (tertiary/aromatic N) is 2. The third-order valence-corrected chi connectivity index (χ3v) is 3.17. The van der Waals surface area contributed by atoms with Gasteiger partial charge in [0.15, 0.2) is 0 Å². The summed E-state index contributed by atoms with van der Waals surface area (Å²) in [5.74, 6) is 0. The highest BCUT2D eigenvalue weighted by molar-refractivity contribution is 5.22. The average Bonchev–Trinajstić information content (AvgIpc) is 2.97. The molecular formula is C13H17N3O2. The summed E-state index contributed by atoms with van der Waals surface area (Å²) in [6, 6.07) is 1.96. The zero-order valence-corrected chi connectivity index (χ0v) is 10.4. The lowest BCUT2D eigenvalue weighted by molar-refractivity contribution is 0.0393. The quantitative estimate of drug-likeness (QED) is 0.887. The van der Waals surface area contributed by atoms with Crippen LogP contribution in [-0.4, -0.2) is 22.9 Å². The van der Waals surface area contributed by atoms with E-state index in [1.165, 1.54) is 5.56 Å². The van der Waals surface area contributed by atoms with E-state index in [9.17, 15) is 0 Å². The van der Waals surface area contributed by atoms with E-state index < -0.39 is 0 Å². The van der Waals surface area contributed by atoms with Crippen LogP contribution in [0.3, 0.4) is 0 Å². The van der Waals surface area contributed by atoms with Crippen molar-refractivity contribution < 1.29 is 9.15 Å². The van der Waals surface area contributed by atoms with Gasteiger partial charge >= 0.3 is 0 Å². The van der Waals surface area contributed by atoms with Crippen molar-refractivity contribution in [2.45, 2.75) is 19.1 Å². The highest BCUT2D eigenvalue weighted by atomic mass is 16.5. The first kappa shape index (κ1) is 11.5. The molecule has 5 heteroatoms. The third kappa shape index (κ3) is 2.32. The largest absolute Gasteiger partial charge is 0.472 e. The number of nitrogens with one attached hydrogen (secondary N) is 1. The molecule has 0 aliphatic carbocycles. The van der Waals surface area contributed by atoms with Crippen LogP contribution < -0.4 is 5.32 Å². The zero-order valence-electron chi connectivity index (χ0n) is 10.4. The Hall–Kier alpha value is -1.59. The molecule has 1 aliphatic heterocycles. The van der Waals surface area contributed by atoms with Crippen molar-refractivity contribution in [2.75, 3.05) is 13.2 Å². The smallest absolute Gasteiger partial charge is 0.114 e. The number of hydrogen-bond donors (Lipinski definition) is 1. The van der Waals surface area contributed by atoms with Gasteiger partial charge in [-0.05, 0) is 18.1 Å². The van der Waals surface area contributed by atoms with Crippen molar-refractivity contribution in [3.8, 4) is 0 Å². The van der Waals surface area contributed by atoms with Crippen molar-refractivity contribution in [1.82, 2.24) is 15.1 Å². The van der Waals surface area contributed by atoms with Crippen LogP contribution in [0.4, 0.5) is 0 Å². The van der Waals surface area contributed by atoms with Gasteiger partial charge in [-0.1, -0.05) is 0 Å². The van der Waals surface area contributed by atoms with Crippen LogP contribution in [0.15, 0.2) is 29.2 Å². The minimum atomic E-state index is 0.0573. The Morgan fingerprint density at radius 2 is 2.50 bits per heavy atom. The molecule has 0 radical (unpaired) electrons. The van der Waals surface area contributed by atoms with Crippen LogP contribution in [-0.2, 0) is 24.8 Å². The fourth-order valence-electron chi connectivity index (χ4n) is 2.30. The maximum atomic E-state index is 5.78. The molecule has 0 bridgehead atoms. The molecular weight excluding hydrogens is 230 g/mol. The van der Waals surface area contributed by atoms with E-state index in [-0.39, 0.29) is 6.10 Å². The summed E-state index contributed by atoms with van der Waals surface area (Å²) < 4.78 is 12.7. The minimum absolute atomic E-state index is 0.0573. The van der Waals surface area contributed by atoms with Crippen LogP contribution >= 0.6 is 0 Å². The first-order valence-electron chi connectivity index (χ1n) is 6.19. The molecule has 0 saturated heterocycles. The van der Waals surface area contributed by atoms with Gasteiger partial charge < -0.3 is 14.5 Å². The molecule has 0 spiro atoms. The van der Waals surface area contributed by atoms with Crippen LogP contribution in [0, 0.1) is 0 Å². The summed E-state index contributed by atoms with van der Waals surface area (Å²) in [6.45, 7) is 2.34. The van der Waals surface area contributed by atoms with Crippen LogP contribution in [0.25, 0.3) is 0 Å². The van der Waals surface area contributed by atoms with Gasteiger partial charge in [0.25, 0.3) is 0 Å². The molecule has 0 amide bonds. The molecule has 96 valence electrons. The topological polar surface area (TPSA) is 52.2 Å². The molecule has 1 N–H and O–H groups in total. The molecule has 5 nitrogen and oxygen atoms in total. The molecule has 1 aliphatic rings. The maximum Gasteiger partial charge on any atom is 0.114 e. The van der Waals surface area contributed by atoms with E-state index in [0.29, 0.717) is 0 Å². The summed E-state index contributed by atoms with van der Waals surface area (Å²) in [5, 5.41) is 7.85. The van der Waals surface area contributed by atoms with Crippen LogP contribution in [0.1, 0.15) is 22.9 Å². The molecule has 2 aromatic heterocycles. The van der Waals surface area contributed by atoms with E-state index in [4.69, 9.17) is 9.15 Å². The Kier molecular flexibility index (Phi) is 3.17. The van der Waals surface area contributed by atoms with Crippen molar-refractivity contribution in [3.05, 3.63) is 41.6 Å². The highest BCUT2D eigenvalue weighted by Gasteiger charge is 2.23. The second-order valence-corrected chi connectivity index (χ2v) is 4.59. The molecule has 3 heterocycles.